The Balaban J connectivity index is 1.47. The topological polar surface area (TPSA) is 68.0 Å². The van der Waals surface area contributed by atoms with Crippen LogP contribution in [0.5, 0.6) is 0 Å². The Labute approximate surface area is 142 Å². The average Bonchev–Trinajstić information content (AvgIpc) is 3.22. The number of thiophene rings is 1. The van der Waals surface area contributed by atoms with Crippen LogP contribution in [-0.4, -0.2) is 16.0 Å². The Hall–Kier alpha value is -2.18. The zero-order chi connectivity index (χ0) is 16.1. The van der Waals surface area contributed by atoms with Crippen LogP contribution in [0.2, 0.25) is 5.02 Å². The Kier molecular flexibility index (Phi) is 5.05. The second-order valence-electron chi connectivity index (χ2n) is 4.90. The highest BCUT2D eigenvalue weighted by molar-refractivity contribution is 7.13. The summed E-state index contributed by atoms with van der Waals surface area (Å²) in [6, 6.07) is 11.3. The van der Waals surface area contributed by atoms with E-state index in [0.717, 1.165) is 10.4 Å². The Morgan fingerprint density at radius 1 is 1.30 bits per heavy atom. The van der Waals surface area contributed by atoms with E-state index in [4.69, 9.17) is 16.1 Å². The van der Waals surface area contributed by atoms with Gasteiger partial charge in [-0.05, 0) is 35.6 Å². The SMILES string of the molecule is O=C(CCc1cccc(Cl)c1)NCc1nc(-c2cccs2)no1. The highest BCUT2D eigenvalue weighted by Gasteiger charge is 2.10. The van der Waals surface area contributed by atoms with Crippen molar-refractivity contribution < 1.29 is 9.32 Å². The van der Waals surface area contributed by atoms with E-state index in [0.29, 0.717) is 29.6 Å². The van der Waals surface area contributed by atoms with E-state index in [-0.39, 0.29) is 12.5 Å². The molecule has 0 saturated heterocycles. The standard InChI is InChI=1S/C16H14ClN3O2S/c17-12-4-1-3-11(9-12)6-7-14(21)18-10-15-19-16(20-22-15)13-5-2-8-23-13/h1-5,8-9H,6-7,10H2,(H,18,21). The van der Waals surface area contributed by atoms with Gasteiger partial charge in [0.05, 0.1) is 11.4 Å². The lowest BCUT2D eigenvalue weighted by molar-refractivity contribution is -0.121. The number of carbonyl (C=O) groups excluding carboxylic acids is 1. The molecule has 1 amide bonds. The summed E-state index contributed by atoms with van der Waals surface area (Å²) >= 11 is 7.46. The van der Waals surface area contributed by atoms with Crippen LogP contribution in [0, 0.1) is 0 Å². The van der Waals surface area contributed by atoms with E-state index in [1.807, 2.05) is 41.8 Å². The molecule has 7 heteroatoms. The smallest absolute Gasteiger partial charge is 0.246 e. The van der Waals surface area contributed by atoms with Crippen molar-refractivity contribution in [1.82, 2.24) is 15.5 Å². The third-order valence-electron chi connectivity index (χ3n) is 3.18. The average molecular weight is 348 g/mol. The van der Waals surface area contributed by atoms with Crippen LogP contribution in [0.25, 0.3) is 10.7 Å². The van der Waals surface area contributed by atoms with Crippen LogP contribution in [0.1, 0.15) is 17.9 Å². The molecule has 0 radical (unpaired) electrons. The van der Waals surface area contributed by atoms with Gasteiger partial charge in [-0.3, -0.25) is 4.79 Å². The molecule has 0 aliphatic rings. The summed E-state index contributed by atoms with van der Waals surface area (Å²) in [6.45, 7) is 0.229. The number of hydrogen-bond donors (Lipinski definition) is 1. The third kappa shape index (κ3) is 4.40. The van der Waals surface area contributed by atoms with Crippen molar-refractivity contribution in [3.05, 3.63) is 58.3 Å². The monoisotopic (exact) mass is 347 g/mol. The van der Waals surface area contributed by atoms with Gasteiger partial charge in [0.2, 0.25) is 17.6 Å². The summed E-state index contributed by atoms with van der Waals surface area (Å²) in [6.07, 6.45) is 1.02. The zero-order valence-corrected chi connectivity index (χ0v) is 13.7. The molecule has 118 valence electrons. The van der Waals surface area contributed by atoms with E-state index >= 15 is 0 Å². The molecule has 3 rings (SSSR count). The number of aryl methyl sites for hydroxylation is 1. The van der Waals surface area contributed by atoms with Crippen LogP contribution in [0.15, 0.2) is 46.3 Å². The Bertz CT molecular complexity index is 786. The minimum atomic E-state index is -0.0687. The van der Waals surface area contributed by atoms with Gasteiger partial charge >= 0.3 is 0 Å². The summed E-state index contributed by atoms with van der Waals surface area (Å²) in [5.74, 6) is 0.869. The highest BCUT2D eigenvalue weighted by atomic mass is 35.5. The fourth-order valence-corrected chi connectivity index (χ4v) is 2.91. The Morgan fingerprint density at radius 3 is 3.00 bits per heavy atom. The molecule has 2 heterocycles. The number of aromatic nitrogens is 2. The second-order valence-corrected chi connectivity index (χ2v) is 6.28. The number of amides is 1. The second kappa shape index (κ2) is 7.39. The number of hydrogen-bond acceptors (Lipinski definition) is 5. The molecule has 0 unspecified atom stereocenters. The van der Waals surface area contributed by atoms with E-state index in [9.17, 15) is 4.79 Å². The molecule has 0 aliphatic carbocycles. The predicted molar refractivity (Wildman–Crippen MR) is 89.2 cm³/mol. The van der Waals surface area contributed by atoms with Gasteiger partial charge in [-0.2, -0.15) is 4.98 Å². The highest BCUT2D eigenvalue weighted by Crippen LogP contribution is 2.21. The minimum absolute atomic E-state index is 0.0687. The largest absolute Gasteiger partial charge is 0.347 e. The van der Waals surface area contributed by atoms with Gasteiger partial charge in [0.25, 0.3) is 0 Å². The maximum absolute atomic E-state index is 11.9. The molecule has 1 aromatic carbocycles. The van der Waals surface area contributed by atoms with Gasteiger partial charge in [0.15, 0.2) is 0 Å². The molecule has 1 N–H and O–H groups in total. The van der Waals surface area contributed by atoms with Crippen molar-refractivity contribution in [3.8, 4) is 10.7 Å². The van der Waals surface area contributed by atoms with Crippen molar-refractivity contribution in [2.45, 2.75) is 19.4 Å². The summed E-state index contributed by atoms with van der Waals surface area (Å²) in [5, 5.41) is 9.30. The zero-order valence-electron chi connectivity index (χ0n) is 12.2. The molecule has 3 aromatic rings. The molecule has 0 aliphatic heterocycles. The molecule has 0 bridgehead atoms. The lowest BCUT2D eigenvalue weighted by Crippen LogP contribution is -2.23. The molecule has 2 aromatic heterocycles. The molecular weight excluding hydrogens is 334 g/mol. The maximum atomic E-state index is 11.9. The number of carbonyl (C=O) groups is 1. The number of nitrogens with one attached hydrogen (secondary N) is 1. The molecule has 0 saturated carbocycles. The number of nitrogens with zero attached hydrogens (tertiary/aromatic N) is 2. The van der Waals surface area contributed by atoms with E-state index in [1.165, 1.54) is 11.3 Å². The van der Waals surface area contributed by atoms with Gasteiger partial charge in [0, 0.05) is 11.4 Å². The van der Waals surface area contributed by atoms with Crippen molar-refractivity contribution in [3.63, 3.8) is 0 Å². The lowest BCUT2D eigenvalue weighted by atomic mass is 10.1. The Morgan fingerprint density at radius 2 is 2.22 bits per heavy atom. The summed E-state index contributed by atoms with van der Waals surface area (Å²) in [4.78, 5) is 17.1. The summed E-state index contributed by atoms with van der Waals surface area (Å²) < 4.78 is 5.13. The maximum Gasteiger partial charge on any atom is 0.246 e. The van der Waals surface area contributed by atoms with Gasteiger partial charge in [-0.25, -0.2) is 0 Å². The fraction of sp³-hybridized carbons (Fsp3) is 0.188. The van der Waals surface area contributed by atoms with Crippen molar-refractivity contribution in [1.29, 1.82) is 0 Å². The number of benzene rings is 1. The number of rotatable bonds is 6. The van der Waals surface area contributed by atoms with Gasteiger partial charge in [-0.1, -0.05) is 35.0 Å². The molecule has 0 atom stereocenters. The van der Waals surface area contributed by atoms with Crippen molar-refractivity contribution >= 4 is 28.8 Å². The van der Waals surface area contributed by atoms with Crippen LogP contribution < -0.4 is 5.32 Å². The van der Waals surface area contributed by atoms with Crippen molar-refractivity contribution in [2.75, 3.05) is 0 Å². The van der Waals surface area contributed by atoms with Crippen molar-refractivity contribution in [2.24, 2.45) is 0 Å². The van der Waals surface area contributed by atoms with Gasteiger partial charge < -0.3 is 9.84 Å². The molecule has 0 spiro atoms. The predicted octanol–water partition coefficient (Wildman–Crippen LogP) is 3.70. The minimum Gasteiger partial charge on any atom is -0.347 e. The molecular formula is C16H14ClN3O2S. The summed E-state index contributed by atoms with van der Waals surface area (Å²) in [7, 11) is 0. The van der Waals surface area contributed by atoms with Crippen LogP contribution in [0.3, 0.4) is 0 Å². The van der Waals surface area contributed by atoms with Crippen LogP contribution in [0.4, 0.5) is 0 Å². The first-order valence-corrected chi connectivity index (χ1v) is 8.34. The van der Waals surface area contributed by atoms with E-state index in [2.05, 4.69) is 15.5 Å². The lowest BCUT2D eigenvalue weighted by Gasteiger charge is -2.03. The normalized spacial score (nSPS) is 10.7. The third-order valence-corrected chi connectivity index (χ3v) is 4.28. The van der Waals surface area contributed by atoms with E-state index in [1.54, 1.807) is 0 Å². The van der Waals surface area contributed by atoms with E-state index < -0.39 is 0 Å². The molecule has 23 heavy (non-hydrogen) atoms. The summed E-state index contributed by atoms with van der Waals surface area (Å²) in [5.41, 5.74) is 1.03. The fourth-order valence-electron chi connectivity index (χ4n) is 2.05. The first kappa shape index (κ1) is 15.7. The molecule has 0 fully saturated rings. The van der Waals surface area contributed by atoms with Gasteiger partial charge in [-0.15, -0.1) is 11.3 Å². The van der Waals surface area contributed by atoms with Gasteiger partial charge in [0.1, 0.15) is 0 Å². The van der Waals surface area contributed by atoms with Crippen LogP contribution in [-0.2, 0) is 17.8 Å². The molecule has 5 nitrogen and oxygen atoms in total. The first-order valence-electron chi connectivity index (χ1n) is 7.08. The first-order chi connectivity index (χ1) is 11.2. The van der Waals surface area contributed by atoms with Crippen LogP contribution >= 0.6 is 22.9 Å². The quantitative estimate of drug-likeness (QED) is 0.738. The number of halogens is 1.